The SMILES string of the molecule is CN(C(=O)c1ccc(CSc2cc(Cl)ccc2Cl)cc1)c1nccs1. The molecule has 0 saturated heterocycles. The number of benzene rings is 2. The maximum Gasteiger partial charge on any atom is 0.259 e. The Kier molecular flexibility index (Phi) is 6.02. The third-order valence-corrected chi connectivity index (χ3v) is 6.15. The number of hydrogen-bond acceptors (Lipinski definition) is 4. The van der Waals surface area contributed by atoms with Gasteiger partial charge in [0, 0.05) is 39.9 Å². The average molecular weight is 409 g/mol. The van der Waals surface area contributed by atoms with Gasteiger partial charge in [0.2, 0.25) is 0 Å². The van der Waals surface area contributed by atoms with Crippen molar-refractivity contribution in [3.05, 3.63) is 75.2 Å². The summed E-state index contributed by atoms with van der Waals surface area (Å²) in [5.74, 6) is 0.670. The molecule has 0 radical (unpaired) electrons. The maximum atomic E-state index is 12.5. The topological polar surface area (TPSA) is 33.2 Å². The first-order valence-corrected chi connectivity index (χ1v) is 10.0. The van der Waals surface area contributed by atoms with Gasteiger partial charge in [0.1, 0.15) is 0 Å². The lowest BCUT2D eigenvalue weighted by molar-refractivity contribution is 0.0993. The van der Waals surface area contributed by atoms with E-state index in [2.05, 4.69) is 4.98 Å². The van der Waals surface area contributed by atoms with Gasteiger partial charge in [0.05, 0.1) is 5.02 Å². The van der Waals surface area contributed by atoms with Crippen LogP contribution in [0.25, 0.3) is 0 Å². The number of carbonyl (C=O) groups is 1. The highest BCUT2D eigenvalue weighted by molar-refractivity contribution is 7.98. The van der Waals surface area contributed by atoms with E-state index in [0.29, 0.717) is 20.7 Å². The van der Waals surface area contributed by atoms with Crippen molar-refractivity contribution >= 4 is 57.3 Å². The fourth-order valence-electron chi connectivity index (χ4n) is 2.15. The Balaban J connectivity index is 1.66. The number of rotatable bonds is 5. The van der Waals surface area contributed by atoms with Crippen molar-refractivity contribution in [2.45, 2.75) is 10.6 Å². The van der Waals surface area contributed by atoms with Gasteiger partial charge in [-0.1, -0.05) is 35.3 Å². The van der Waals surface area contributed by atoms with Crippen LogP contribution in [0.4, 0.5) is 5.13 Å². The van der Waals surface area contributed by atoms with Crippen molar-refractivity contribution in [1.29, 1.82) is 0 Å². The van der Waals surface area contributed by atoms with Crippen LogP contribution in [0.5, 0.6) is 0 Å². The lowest BCUT2D eigenvalue weighted by Gasteiger charge is -2.14. The zero-order chi connectivity index (χ0) is 17.8. The molecule has 0 N–H and O–H groups in total. The Bertz CT molecular complexity index is 867. The third kappa shape index (κ3) is 4.55. The summed E-state index contributed by atoms with van der Waals surface area (Å²) < 4.78 is 0. The first-order valence-electron chi connectivity index (χ1n) is 7.39. The Morgan fingerprint density at radius 1 is 1.20 bits per heavy atom. The van der Waals surface area contributed by atoms with E-state index >= 15 is 0 Å². The number of thiazole rings is 1. The summed E-state index contributed by atoms with van der Waals surface area (Å²) in [5.41, 5.74) is 1.74. The summed E-state index contributed by atoms with van der Waals surface area (Å²) in [6.45, 7) is 0. The molecule has 25 heavy (non-hydrogen) atoms. The van der Waals surface area contributed by atoms with Gasteiger partial charge in [-0.05, 0) is 35.9 Å². The van der Waals surface area contributed by atoms with E-state index in [1.165, 1.54) is 11.3 Å². The number of amides is 1. The number of halogens is 2. The van der Waals surface area contributed by atoms with Crippen LogP contribution in [0.15, 0.2) is 58.9 Å². The molecule has 0 bridgehead atoms. The van der Waals surface area contributed by atoms with Gasteiger partial charge in [-0.3, -0.25) is 9.69 Å². The lowest BCUT2D eigenvalue weighted by Crippen LogP contribution is -2.25. The predicted octanol–water partition coefficient (Wildman–Crippen LogP) is 6.02. The molecule has 0 unspecified atom stereocenters. The van der Waals surface area contributed by atoms with Crippen molar-refractivity contribution in [1.82, 2.24) is 4.98 Å². The van der Waals surface area contributed by atoms with E-state index < -0.39 is 0 Å². The molecule has 0 aliphatic heterocycles. The van der Waals surface area contributed by atoms with Gasteiger partial charge in [-0.15, -0.1) is 23.1 Å². The van der Waals surface area contributed by atoms with Crippen LogP contribution < -0.4 is 4.90 Å². The highest BCUT2D eigenvalue weighted by Crippen LogP contribution is 2.32. The third-order valence-electron chi connectivity index (χ3n) is 3.50. The van der Waals surface area contributed by atoms with Crippen LogP contribution in [0.1, 0.15) is 15.9 Å². The number of carbonyl (C=O) groups excluding carboxylic acids is 1. The Labute approximate surface area is 164 Å². The lowest BCUT2D eigenvalue weighted by atomic mass is 10.1. The maximum absolute atomic E-state index is 12.5. The molecule has 3 aromatic rings. The predicted molar refractivity (Wildman–Crippen MR) is 107 cm³/mol. The van der Waals surface area contributed by atoms with Gasteiger partial charge in [0.25, 0.3) is 5.91 Å². The molecule has 0 aliphatic carbocycles. The fraction of sp³-hybridized carbons (Fsp3) is 0.111. The molecule has 0 saturated carbocycles. The minimum atomic E-state index is -0.0768. The first-order chi connectivity index (χ1) is 12.0. The molecule has 1 aromatic heterocycles. The van der Waals surface area contributed by atoms with E-state index in [-0.39, 0.29) is 5.91 Å². The van der Waals surface area contributed by atoms with Gasteiger partial charge in [-0.2, -0.15) is 0 Å². The van der Waals surface area contributed by atoms with E-state index in [0.717, 1.165) is 16.2 Å². The van der Waals surface area contributed by atoms with Crippen molar-refractivity contribution < 1.29 is 4.79 Å². The molecule has 0 spiro atoms. The highest BCUT2D eigenvalue weighted by atomic mass is 35.5. The molecule has 3 nitrogen and oxygen atoms in total. The molecule has 7 heteroatoms. The Morgan fingerprint density at radius 3 is 2.64 bits per heavy atom. The van der Waals surface area contributed by atoms with Crippen LogP contribution in [-0.4, -0.2) is 17.9 Å². The fourth-order valence-corrected chi connectivity index (χ4v) is 4.21. The number of thioether (sulfide) groups is 1. The summed E-state index contributed by atoms with van der Waals surface area (Å²) in [5, 5.41) is 3.88. The van der Waals surface area contributed by atoms with Crippen molar-refractivity contribution in [3.63, 3.8) is 0 Å². The minimum absolute atomic E-state index is 0.0768. The van der Waals surface area contributed by atoms with Crippen LogP contribution in [-0.2, 0) is 5.75 Å². The standard InChI is InChI=1S/C18H14Cl2N2OS2/c1-22(18-21-8-9-24-18)17(23)13-4-2-12(3-5-13)11-25-16-10-14(19)6-7-15(16)20/h2-10H,11H2,1H3. The van der Waals surface area contributed by atoms with Crippen molar-refractivity contribution in [2.75, 3.05) is 11.9 Å². The quantitative estimate of drug-likeness (QED) is 0.483. The average Bonchev–Trinajstić information content (AvgIpc) is 3.16. The molecule has 0 fully saturated rings. The molecule has 1 amide bonds. The summed E-state index contributed by atoms with van der Waals surface area (Å²) in [6.07, 6.45) is 1.69. The highest BCUT2D eigenvalue weighted by Gasteiger charge is 2.15. The number of anilines is 1. The number of nitrogens with zero attached hydrogens (tertiary/aromatic N) is 2. The summed E-state index contributed by atoms with van der Waals surface area (Å²) in [4.78, 5) is 19.1. The van der Waals surface area contributed by atoms with Crippen LogP contribution in [0.2, 0.25) is 10.0 Å². The molecule has 1 heterocycles. The van der Waals surface area contributed by atoms with E-state index in [1.807, 2.05) is 35.7 Å². The zero-order valence-corrected chi connectivity index (χ0v) is 16.4. The molecular weight excluding hydrogens is 395 g/mol. The molecule has 128 valence electrons. The Morgan fingerprint density at radius 2 is 1.96 bits per heavy atom. The second-order valence-electron chi connectivity index (χ2n) is 5.24. The minimum Gasteiger partial charge on any atom is -0.287 e. The summed E-state index contributed by atoms with van der Waals surface area (Å²) in [6, 6.07) is 13.0. The number of aromatic nitrogens is 1. The first kappa shape index (κ1) is 18.3. The zero-order valence-electron chi connectivity index (χ0n) is 13.3. The summed E-state index contributed by atoms with van der Waals surface area (Å²) in [7, 11) is 1.73. The van der Waals surface area contributed by atoms with Gasteiger partial charge >= 0.3 is 0 Å². The molecule has 0 aliphatic rings. The molecule has 0 atom stereocenters. The van der Waals surface area contributed by atoms with Crippen molar-refractivity contribution in [3.8, 4) is 0 Å². The van der Waals surface area contributed by atoms with Gasteiger partial charge in [-0.25, -0.2) is 4.98 Å². The van der Waals surface area contributed by atoms with Gasteiger partial charge < -0.3 is 0 Å². The van der Waals surface area contributed by atoms with E-state index in [4.69, 9.17) is 23.2 Å². The van der Waals surface area contributed by atoms with Gasteiger partial charge in [0.15, 0.2) is 5.13 Å². The van der Waals surface area contributed by atoms with E-state index in [1.54, 1.807) is 42.0 Å². The normalized spacial score (nSPS) is 10.7. The van der Waals surface area contributed by atoms with E-state index in [9.17, 15) is 4.79 Å². The molecular formula is C18H14Cl2N2OS2. The monoisotopic (exact) mass is 408 g/mol. The second-order valence-corrected chi connectivity index (χ2v) is 7.97. The summed E-state index contributed by atoms with van der Waals surface area (Å²) >= 11 is 15.2. The molecule has 3 rings (SSSR count). The second kappa shape index (κ2) is 8.23. The largest absolute Gasteiger partial charge is 0.287 e. The Hall–Kier alpha value is -1.53. The smallest absolute Gasteiger partial charge is 0.259 e. The van der Waals surface area contributed by atoms with Crippen LogP contribution in [0, 0.1) is 0 Å². The molecule has 2 aromatic carbocycles. The van der Waals surface area contributed by atoms with Crippen LogP contribution in [0.3, 0.4) is 0 Å². The van der Waals surface area contributed by atoms with Crippen LogP contribution >= 0.6 is 46.3 Å². The number of hydrogen-bond donors (Lipinski definition) is 0. The van der Waals surface area contributed by atoms with Crippen molar-refractivity contribution in [2.24, 2.45) is 0 Å².